The van der Waals surface area contributed by atoms with E-state index in [-0.39, 0.29) is 17.3 Å². The van der Waals surface area contributed by atoms with Gasteiger partial charge < -0.3 is 14.5 Å². The molecule has 1 aromatic carbocycles. The summed E-state index contributed by atoms with van der Waals surface area (Å²) in [5.74, 6) is 0.561. The summed E-state index contributed by atoms with van der Waals surface area (Å²) in [6, 6.07) is 9.77. The van der Waals surface area contributed by atoms with Gasteiger partial charge in [-0.3, -0.25) is 4.90 Å². The van der Waals surface area contributed by atoms with E-state index in [2.05, 4.69) is 40.8 Å². The van der Waals surface area contributed by atoms with Crippen molar-refractivity contribution in [2.24, 2.45) is 5.41 Å². The zero-order chi connectivity index (χ0) is 24.1. The first kappa shape index (κ1) is 24.5. The molecule has 0 atom stereocenters. The van der Waals surface area contributed by atoms with Crippen LogP contribution in [0.5, 0.6) is 0 Å². The molecule has 1 amide bonds. The Labute approximate surface area is 202 Å². The van der Waals surface area contributed by atoms with E-state index in [4.69, 9.17) is 4.74 Å². The lowest BCUT2D eigenvalue weighted by Crippen LogP contribution is -2.58. The number of carbonyl (C=O) groups excluding carboxylic acids is 1. The number of pyridine rings is 1. The van der Waals surface area contributed by atoms with Crippen LogP contribution < -0.4 is 4.90 Å². The molecule has 0 unspecified atom stereocenters. The van der Waals surface area contributed by atoms with Gasteiger partial charge in [-0.2, -0.15) is 0 Å². The normalized spacial score (nSPS) is 18.0. The van der Waals surface area contributed by atoms with Gasteiger partial charge in [-0.1, -0.05) is 36.8 Å². The van der Waals surface area contributed by atoms with Gasteiger partial charge in [0, 0.05) is 50.2 Å². The number of rotatable bonds is 8. The molecule has 4 rings (SSSR count). The Bertz CT molecular complexity index is 984. The molecule has 0 N–H and O–H groups in total. The van der Waals surface area contributed by atoms with Gasteiger partial charge in [-0.05, 0) is 51.3 Å². The molecule has 0 aliphatic carbocycles. The first-order valence-corrected chi connectivity index (χ1v) is 12.5. The van der Waals surface area contributed by atoms with E-state index < -0.39 is 0 Å². The third-order valence-electron chi connectivity index (χ3n) is 7.34. The van der Waals surface area contributed by atoms with Gasteiger partial charge in [0.05, 0.1) is 12.8 Å². The number of halogens is 1. The zero-order valence-electron chi connectivity index (χ0n) is 20.7. The lowest BCUT2D eigenvalue weighted by atomic mass is 9.74. The maximum atomic E-state index is 14.1. The monoisotopic (exact) mass is 468 g/mol. The van der Waals surface area contributed by atoms with Crippen LogP contribution in [0, 0.1) is 18.2 Å². The van der Waals surface area contributed by atoms with Gasteiger partial charge in [0.2, 0.25) is 0 Å². The second-order valence-corrected chi connectivity index (χ2v) is 9.73. The number of hydrogen-bond donors (Lipinski definition) is 0. The molecule has 0 saturated carbocycles. The topological polar surface area (TPSA) is 48.9 Å². The van der Waals surface area contributed by atoms with Gasteiger partial charge in [-0.25, -0.2) is 14.2 Å². The maximum Gasteiger partial charge on any atom is 0.409 e. The molecule has 2 fully saturated rings. The quantitative estimate of drug-likeness (QED) is 0.548. The molecule has 0 radical (unpaired) electrons. The first-order chi connectivity index (χ1) is 16.4. The number of aryl methyl sites for hydroxylation is 1. The van der Waals surface area contributed by atoms with Crippen molar-refractivity contribution in [3.8, 4) is 11.1 Å². The van der Waals surface area contributed by atoms with Gasteiger partial charge in [0.25, 0.3) is 0 Å². The van der Waals surface area contributed by atoms with Crippen molar-refractivity contribution in [2.45, 2.75) is 40.0 Å². The molecule has 6 nitrogen and oxygen atoms in total. The summed E-state index contributed by atoms with van der Waals surface area (Å²) in [6.45, 7) is 13.0. The molecule has 1 aromatic heterocycles. The second-order valence-electron chi connectivity index (χ2n) is 9.73. The summed E-state index contributed by atoms with van der Waals surface area (Å²) < 4.78 is 19.2. The standard InChI is InChI=1S/C27H37FN4O2/c1-4-27(19-32(20-27)26(33)34-5-2)10-7-11-30-12-14-31(15-13-30)25-24(17-23(28)18-29-25)22-9-6-8-21(3)16-22/h6,8-9,16-18H,4-5,7,10-15,19-20H2,1-3H3. The van der Waals surface area contributed by atoms with Crippen molar-refractivity contribution in [3.63, 3.8) is 0 Å². The average molecular weight is 469 g/mol. The fourth-order valence-corrected chi connectivity index (χ4v) is 5.24. The summed E-state index contributed by atoms with van der Waals surface area (Å²) >= 11 is 0. The van der Waals surface area contributed by atoms with Crippen molar-refractivity contribution < 1.29 is 13.9 Å². The Hall–Kier alpha value is -2.67. The number of ether oxygens (including phenoxy) is 1. The Morgan fingerprint density at radius 3 is 2.59 bits per heavy atom. The molecule has 2 saturated heterocycles. The predicted molar refractivity (Wildman–Crippen MR) is 134 cm³/mol. The molecule has 0 bridgehead atoms. The average Bonchev–Trinajstić information content (AvgIpc) is 2.81. The van der Waals surface area contributed by atoms with Crippen LogP contribution in [-0.2, 0) is 4.74 Å². The molecule has 2 aliphatic rings. The number of nitrogens with zero attached hydrogens (tertiary/aromatic N) is 4. The fourth-order valence-electron chi connectivity index (χ4n) is 5.24. The van der Waals surface area contributed by atoms with Crippen LogP contribution in [0.15, 0.2) is 36.5 Å². The molecule has 2 aliphatic heterocycles. The van der Waals surface area contributed by atoms with Gasteiger partial charge in [-0.15, -0.1) is 0 Å². The molecule has 3 heterocycles. The zero-order valence-corrected chi connectivity index (χ0v) is 20.7. The Morgan fingerprint density at radius 1 is 1.15 bits per heavy atom. The highest BCUT2D eigenvalue weighted by molar-refractivity contribution is 5.76. The number of likely N-dealkylation sites (tertiary alicyclic amines) is 1. The van der Waals surface area contributed by atoms with Gasteiger partial charge >= 0.3 is 6.09 Å². The number of carbonyl (C=O) groups is 1. The molecule has 2 aromatic rings. The number of piperazine rings is 1. The highest BCUT2D eigenvalue weighted by Crippen LogP contribution is 2.39. The van der Waals surface area contributed by atoms with E-state index in [1.165, 1.54) is 6.20 Å². The van der Waals surface area contributed by atoms with Crippen LogP contribution in [0.3, 0.4) is 0 Å². The van der Waals surface area contributed by atoms with Crippen molar-refractivity contribution in [1.29, 1.82) is 0 Å². The fraction of sp³-hybridized carbons (Fsp3) is 0.556. The number of anilines is 1. The van der Waals surface area contributed by atoms with E-state index in [9.17, 15) is 9.18 Å². The van der Waals surface area contributed by atoms with Gasteiger partial charge in [0.1, 0.15) is 11.6 Å². The number of amides is 1. The molecular weight excluding hydrogens is 431 g/mol. The Morgan fingerprint density at radius 2 is 1.91 bits per heavy atom. The van der Waals surface area contributed by atoms with Crippen LogP contribution in [0.2, 0.25) is 0 Å². The third kappa shape index (κ3) is 5.52. The summed E-state index contributed by atoms with van der Waals surface area (Å²) in [5, 5.41) is 0. The van der Waals surface area contributed by atoms with Crippen molar-refractivity contribution in [1.82, 2.24) is 14.8 Å². The van der Waals surface area contributed by atoms with Crippen LogP contribution in [0.1, 0.15) is 38.7 Å². The lowest BCUT2D eigenvalue weighted by Gasteiger charge is -2.49. The SMILES string of the molecule is CCOC(=O)N1CC(CC)(CCCN2CCN(c3ncc(F)cc3-c3cccc(C)c3)CC2)C1. The smallest absolute Gasteiger partial charge is 0.409 e. The minimum Gasteiger partial charge on any atom is -0.450 e. The van der Waals surface area contributed by atoms with Crippen LogP contribution in [0.4, 0.5) is 15.0 Å². The molecule has 7 heteroatoms. The highest BCUT2D eigenvalue weighted by atomic mass is 19.1. The minimum atomic E-state index is -0.304. The van der Waals surface area contributed by atoms with Gasteiger partial charge in [0.15, 0.2) is 0 Å². The Kier molecular flexibility index (Phi) is 7.71. The number of benzene rings is 1. The minimum absolute atomic E-state index is 0.179. The Balaban J connectivity index is 1.29. The summed E-state index contributed by atoms with van der Waals surface area (Å²) in [7, 11) is 0. The van der Waals surface area contributed by atoms with Crippen LogP contribution >= 0.6 is 0 Å². The van der Waals surface area contributed by atoms with Crippen molar-refractivity contribution in [2.75, 3.05) is 57.3 Å². The predicted octanol–water partition coefficient (Wildman–Crippen LogP) is 4.97. The molecular formula is C27H37FN4O2. The van der Waals surface area contributed by atoms with Crippen molar-refractivity contribution in [3.05, 3.63) is 47.9 Å². The lowest BCUT2D eigenvalue weighted by molar-refractivity contribution is -0.0123. The molecule has 184 valence electrons. The molecule has 0 spiro atoms. The highest BCUT2D eigenvalue weighted by Gasteiger charge is 2.43. The van der Waals surface area contributed by atoms with E-state index in [0.29, 0.717) is 6.61 Å². The second kappa shape index (κ2) is 10.7. The van der Waals surface area contributed by atoms with E-state index in [1.807, 2.05) is 24.0 Å². The summed E-state index contributed by atoms with van der Waals surface area (Å²) in [5.41, 5.74) is 3.26. The number of hydrogen-bond acceptors (Lipinski definition) is 5. The molecule has 34 heavy (non-hydrogen) atoms. The van der Waals surface area contributed by atoms with Crippen molar-refractivity contribution >= 4 is 11.9 Å². The third-order valence-corrected chi connectivity index (χ3v) is 7.34. The van der Waals surface area contributed by atoms with E-state index >= 15 is 0 Å². The largest absolute Gasteiger partial charge is 0.450 e. The van der Waals surface area contributed by atoms with E-state index in [1.54, 1.807) is 6.07 Å². The van der Waals surface area contributed by atoms with Crippen LogP contribution in [-0.4, -0.2) is 73.3 Å². The van der Waals surface area contributed by atoms with Crippen LogP contribution in [0.25, 0.3) is 11.1 Å². The maximum absolute atomic E-state index is 14.1. The summed E-state index contributed by atoms with van der Waals surface area (Å²) in [4.78, 5) is 23.0. The summed E-state index contributed by atoms with van der Waals surface area (Å²) in [6.07, 6.45) is 4.50. The van der Waals surface area contributed by atoms with E-state index in [0.717, 1.165) is 87.6 Å². The first-order valence-electron chi connectivity index (χ1n) is 12.5. The number of aromatic nitrogens is 1.